The van der Waals surface area contributed by atoms with E-state index in [0.29, 0.717) is 0 Å². The fourth-order valence-electron chi connectivity index (χ4n) is 1.78. The molecule has 2 aromatic heterocycles. The molecule has 2 heterocycles. The van der Waals surface area contributed by atoms with E-state index in [1.807, 2.05) is 42.9 Å². The summed E-state index contributed by atoms with van der Waals surface area (Å²) in [5.41, 5.74) is 2.04. The maximum Gasteiger partial charge on any atom is 0.137 e. The summed E-state index contributed by atoms with van der Waals surface area (Å²) >= 11 is 0. The van der Waals surface area contributed by atoms with Crippen molar-refractivity contribution >= 4 is 5.65 Å². The summed E-state index contributed by atoms with van der Waals surface area (Å²) in [6.07, 6.45) is 4.06. The third-order valence-corrected chi connectivity index (χ3v) is 2.83. The van der Waals surface area contributed by atoms with Crippen LogP contribution in [0.15, 0.2) is 30.6 Å². The fourth-order valence-corrected chi connectivity index (χ4v) is 1.78. The zero-order valence-electron chi connectivity index (χ0n) is 11.7. The minimum Gasteiger partial charge on any atom is -0.379 e. The first kappa shape index (κ1) is 14.0. The quantitative estimate of drug-likeness (QED) is 0.721. The lowest BCUT2D eigenvalue weighted by molar-refractivity contribution is 0.119. The molecule has 0 radical (unpaired) electrons. The molecule has 104 valence electrons. The van der Waals surface area contributed by atoms with Gasteiger partial charge >= 0.3 is 0 Å². The molecule has 0 aromatic carbocycles. The lowest BCUT2D eigenvalue weighted by Crippen LogP contribution is -2.23. The van der Waals surface area contributed by atoms with Gasteiger partial charge in [-0.1, -0.05) is 6.07 Å². The highest BCUT2D eigenvalue weighted by atomic mass is 16.5. The van der Waals surface area contributed by atoms with Crippen molar-refractivity contribution < 1.29 is 4.74 Å². The summed E-state index contributed by atoms with van der Waals surface area (Å²) < 4.78 is 7.54. The zero-order chi connectivity index (χ0) is 13.5. The summed E-state index contributed by atoms with van der Waals surface area (Å²) in [6.45, 7) is 4.11. The second kappa shape index (κ2) is 7.23. The van der Waals surface area contributed by atoms with E-state index in [4.69, 9.17) is 4.74 Å². The standard InChI is InChI=1S/C14H22N4O/c1-17(2)8-10-19-9-6-15-11-13-12-18-7-4-3-5-14(18)16-13/h3-5,7,12,15H,6,8-11H2,1-2H3. The summed E-state index contributed by atoms with van der Waals surface area (Å²) in [7, 11) is 4.09. The van der Waals surface area contributed by atoms with Crippen LogP contribution in [-0.2, 0) is 11.3 Å². The summed E-state index contributed by atoms with van der Waals surface area (Å²) in [6, 6.07) is 6.01. The van der Waals surface area contributed by atoms with Crippen LogP contribution in [0.25, 0.3) is 5.65 Å². The zero-order valence-corrected chi connectivity index (χ0v) is 11.7. The maximum absolute atomic E-state index is 5.51. The van der Waals surface area contributed by atoms with Crippen LogP contribution in [-0.4, -0.2) is 54.7 Å². The number of nitrogens with zero attached hydrogens (tertiary/aromatic N) is 3. The number of rotatable bonds is 8. The molecule has 0 aliphatic heterocycles. The van der Waals surface area contributed by atoms with Gasteiger partial charge in [0.05, 0.1) is 18.9 Å². The van der Waals surface area contributed by atoms with Gasteiger partial charge in [0, 0.05) is 32.0 Å². The van der Waals surface area contributed by atoms with E-state index in [1.165, 1.54) is 0 Å². The molecule has 0 saturated heterocycles. The van der Waals surface area contributed by atoms with Gasteiger partial charge in [0.25, 0.3) is 0 Å². The molecule has 0 amide bonds. The minimum absolute atomic E-state index is 0.737. The van der Waals surface area contributed by atoms with Crippen LogP contribution in [0.4, 0.5) is 0 Å². The normalized spacial score (nSPS) is 11.5. The number of likely N-dealkylation sites (N-methyl/N-ethyl adjacent to an activating group) is 1. The van der Waals surface area contributed by atoms with Crippen molar-refractivity contribution in [2.45, 2.75) is 6.54 Å². The Labute approximate surface area is 114 Å². The minimum atomic E-state index is 0.737. The van der Waals surface area contributed by atoms with E-state index in [0.717, 1.165) is 44.2 Å². The van der Waals surface area contributed by atoms with E-state index in [9.17, 15) is 0 Å². The van der Waals surface area contributed by atoms with Gasteiger partial charge in [0.2, 0.25) is 0 Å². The molecule has 0 atom stereocenters. The predicted molar refractivity (Wildman–Crippen MR) is 76.3 cm³/mol. The number of pyridine rings is 1. The van der Waals surface area contributed by atoms with E-state index < -0.39 is 0 Å². The smallest absolute Gasteiger partial charge is 0.137 e. The van der Waals surface area contributed by atoms with Crippen molar-refractivity contribution in [1.82, 2.24) is 19.6 Å². The molecule has 0 saturated carbocycles. The molecule has 0 spiro atoms. The SMILES string of the molecule is CN(C)CCOCCNCc1cn2ccccc2n1. The van der Waals surface area contributed by atoms with Crippen molar-refractivity contribution in [3.63, 3.8) is 0 Å². The van der Waals surface area contributed by atoms with Crippen LogP contribution in [0.1, 0.15) is 5.69 Å². The summed E-state index contributed by atoms with van der Waals surface area (Å²) in [5.74, 6) is 0. The van der Waals surface area contributed by atoms with Crippen LogP contribution in [0, 0.1) is 0 Å². The monoisotopic (exact) mass is 262 g/mol. The Kier molecular flexibility index (Phi) is 5.32. The van der Waals surface area contributed by atoms with Crippen LogP contribution in [0.3, 0.4) is 0 Å². The average molecular weight is 262 g/mol. The molecule has 2 rings (SSSR count). The third kappa shape index (κ3) is 4.63. The van der Waals surface area contributed by atoms with Crippen LogP contribution < -0.4 is 5.32 Å². The number of ether oxygens (including phenoxy) is 1. The van der Waals surface area contributed by atoms with Gasteiger partial charge in [-0.25, -0.2) is 4.98 Å². The highest BCUT2D eigenvalue weighted by Crippen LogP contribution is 2.03. The van der Waals surface area contributed by atoms with Gasteiger partial charge in [-0.3, -0.25) is 0 Å². The molecule has 0 aliphatic rings. The molecular weight excluding hydrogens is 240 g/mol. The first-order valence-electron chi connectivity index (χ1n) is 6.61. The lowest BCUT2D eigenvalue weighted by atomic mass is 10.4. The van der Waals surface area contributed by atoms with Crippen molar-refractivity contribution in [2.24, 2.45) is 0 Å². The molecule has 0 bridgehead atoms. The van der Waals surface area contributed by atoms with E-state index in [2.05, 4.69) is 21.4 Å². The van der Waals surface area contributed by atoms with E-state index >= 15 is 0 Å². The van der Waals surface area contributed by atoms with E-state index in [-0.39, 0.29) is 0 Å². The molecular formula is C14H22N4O. The fraction of sp³-hybridized carbons (Fsp3) is 0.500. The van der Waals surface area contributed by atoms with Crippen LogP contribution >= 0.6 is 0 Å². The molecule has 2 aromatic rings. The third-order valence-electron chi connectivity index (χ3n) is 2.83. The Morgan fingerprint density at radius 3 is 3.00 bits per heavy atom. The highest BCUT2D eigenvalue weighted by molar-refractivity contribution is 5.39. The van der Waals surface area contributed by atoms with Gasteiger partial charge in [0.15, 0.2) is 0 Å². The van der Waals surface area contributed by atoms with Gasteiger partial charge in [-0.2, -0.15) is 0 Å². The maximum atomic E-state index is 5.51. The van der Waals surface area contributed by atoms with Crippen molar-refractivity contribution in [2.75, 3.05) is 40.4 Å². The van der Waals surface area contributed by atoms with Gasteiger partial charge < -0.3 is 19.4 Å². The highest BCUT2D eigenvalue weighted by Gasteiger charge is 1.99. The van der Waals surface area contributed by atoms with Crippen LogP contribution in [0.5, 0.6) is 0 Å². The van der Waals surface area contributed by atoms with Crippen molar-refractivity contribution in [1.29, 1.82) is 0 Å². The number of hydrogen-bond donors (Lipinski definition) is 1. The molecule has 5 heteroatoms. The topological polar surface area (TPSA) is 41.8 Å². The first-order chi connectivity index (χ1) is 9.25. The number of imidazole rings is 1. The molecule has 1 N–H and O–H groups in total. The second-order valence-electron chi connectivity index (χ2n) is 4.79. The van der Waals surface area contributed by atoms with Crippen molar-refractivity contribution in [3.05, 3.63) is 36.3 Å². The molecule has 0 unspecified atom stereocenters. The van der Waals surface area contributed by atoms with E-state index in [1.54, 1.807) is 0 Å². The lowest BCUT2D eigenvalue weighted by Gasteiger charge is -2.09. The number of aromatic nitrogens is 2. The van der Waals surface area contributed by atoms with Gasteiger partial charge in [-0.05, 0) is 26.2 Å². The first-order valence-corrected chi connectivity index (χ1v) is 6.61. The summed E-state index contributed by atoms with van der Waals surface area (Å²) in [5, 5.41) is 3.34. The van der Waals surface area contributed by atoms with Crippen molar-refractivity contribution in [3.8, 4) is 0 Å². The number of nitrogens with one attached hydrogen (secondary N) is 1. The Morgan fingerprint density at radius 2 is 2.21 bits per heavy atom. The Bertz CT molecular complexity index is 462. The molecule has 0 aliphatic carbocycles. The van der Waals surface area contributed by atoms with Gasteiger partial charge in [0.1, 0.15) is 5.65 Å². The Morgan fingerprint density at radius 1 is 1.32 bits per heavy atom. The second-order valence-corrected chi connectivity index (χ2v) is 4.79. The van der Waals surface area contributed by atoms with Gasteiger partial charge in [-0.15, -0.1) is 0 Å². The average Bonchev–Trinajstić information content (AvgIpc) is 2.79. The molecule has 0 fully saturated rings. The molecule has 19 heavy (non-hydrogen) atoms. The molecule has 5 nitrogen and oxygen atoms in total. The largest absolute Gasteiger partial charge is 0.379 e. The predicted octanol–water partition coefficient (Wildman–Crippen LogP) is 1.00. The number of hydrogen-bond acceptors (Lipinski definition) is 4. The number of fused-ring (bicyclic) bond motifs is 1. The summed E-state index contributed by atoms with van der Waals surface area (Å²) in [4.78, 5) is 6.64. The Hall–Kier alpha value is -1.43. The Balaban J connectivity index is 1.63. The van der Waals surface area contributed by atoms with Crippen LogP contribution in [0.2, 0.25) is 0 Å².